The number of rotatable bonds is 3. The van der Waals surface area contributed by atoms with E-state index in [2.05, 4.69) is 20.1 Å². The van der Waals surface area contributed by atoms with Gasteiger partial charge in [-0.2, -0.15) is 5.10 Å². The maximum absolute atomic E-state index is 14.0. The van der Waals surface area contributed by atoms with Gasteiger partial charge in [0, 0.05) is 19.6 Å². The fourth-order valence-corrected chi connectivity index (χ4v) is 3.53. The fourth-order valence-electron chi connectivity index (χ4n) is 3.53. The van der Waals surface area contributed by atoms with E-state index < -0.39 is 0 Å². The smallest absolute Gasteiger partial charge is 0.244 e. The molecule has 2 atom stereocenters. The highest BCUT2D eigenvalue weighted by Gasteiger charge is 2.40. The van der Waals surface area contributed by atoms with Crippen LogP contribution in [0, 0.1) is 12.7 Å². The van der Waals surface area contributed by atoms with Crippen molar-refractivity contribution >= 4 is 11.6 Å². The number of carbonyl (C=O) groups excluding carboxylic acids is 1. The third-order valence-electron chi connectivity index (χ3n) is 4.76. The van der Waals surface area contributed by atoms with Gasteiger partial charge in [-0.25, -0.2) is 9.37 Å². The number of aromatic amines is 1. The number of aromatic nitrogens is 3. The molecule has 2 aliphatic rings. The average molecular weight is 345 g/mol. The van der Waals surface area contributed by atoms with Crippen molar-refractivity contribution in [1.82, 2.24) is 20.1 Å². The van der Waals surface area contributed by atoms with Crippen molar-refractivity contribution in [2.45, 2.75) is 25.5 Å². The molecule has 4 rings (SSSR count). The minimum atomic E-state index is -0.368. The summed E-state index contributed by atoms with van der Waals surface area (Å²) in [5.74, 6) is 0.918. The molecule has 0 spiro atoms. The minimum Gasteiger partial charge on any atom is -0.367 e. The van der Waals surface area contributed by atoms with Gasteiger partial charge in [-0.05, 0) is 25.5 Å². The Morgan fingerprint density at radius 1 is 1.32 bits per heavy atom. The van der Waals surface area contributed by atoms with Crippen LogP contribution in [0.25, 0.3) is 0 Å². The van der Waals surface area contributed by atoms with E-state index in [0.29, 0.717) is 44.2 Å². The molecule has 8 heteroatoms. The monoisotopic (exact) mass is 345 g/mol. The van der Waals surface area contributed by atoms with E-state index in [9.17, 15) is 9.18 Å². The normalized spacial score (nSPS) is 24.9. The summed E-state index contributed by atoms with van der Waals surface area (Å²) in [6.45, 7) is 4.10. The molecule has 1 aromatic carbocycles. The average Bonchev–Trinajstić information content (AvgIpc) is 3.22. The Bertz CT molecular complexity index is 780. The third kappa shape index (κ3) is 3.03. The Hall–Kier alpha value is -2.32. The van der Waals surface area contributed by atoms with Gasteiger partial charge in [-0.15, -0.1) is 0 Å². The number of para-hydroxylation sites is 1. The largest absolute Gasteiger partial charge is 0.367 e. The zero-order valence-corrected chi connectivity index (χ0v) is 14.0. The lowest BCUT2D eigenvalue weighted by atomic mass is 10.1. The fraction of sp³-hybridized carbons (Fsp3) is 0.471. The van der Waals surface area contributed by atoms with Crippen molar-refractivity contribution in [3.63, 3.8) is 0 Å². The van der Waals surface area contributed by atoms with Crippen molar-refractivity contribution in [3.8, 4) is 0 Å². The number of hydrogen-bond donors (Lipinski definition) is 1. The quantitative estimate of drug-likeness (QED) is 0.911. The number of benzene rings is 1. The van der Waals surface area contributed by atoms with E-state index in [1.54, 1.807) is 23.1 Å². The van der Waals surface area contributed by atoms with Gasteiger partial charge in [0.25, 0.3) is 0 Å². The van der Waals surface area contributed by atoms with E-state index in [1.165, 1.54) is 6.07 Å². The second kappa shape index (κ2) is 6.53. The molecule has 25 heavy (non-hydrogen) atoms. The molecule has 2 fully saturated rings. The molecular weight excluding hydrogens is 325 g/mol. The van der Waals surface area contributed by atoms with Crippen molar-refractivity contribution < 1.29 is 13.9 Å². The highest BCUT2D eigenvalue weighted by Crippen LogP contribution is 2.29. The maximum atomic E-state index is 14.0. The number of anilines is 1. The first-order valence-electron chi connectivity index (χ1n) is 8.44. The summed E-state index contributed by atoms with van der Waals surface area (Å²) in [4.78, 5) is 20.8. The van der Waals surface area contributed by atoms with Gasteiger partial charge in [-0.1, -0.05) is 12.1 Å². The molecule has 3 heterocycles. The summed E-state index contributed by atoms with van der Waals surface area (Å²) >= 11 is 0. The summed E-state index contributed by atoms with van der Waals surface area (Å²) in [6, 6.07) is 6.14. The zero-order chi connectivity index (χ0) is 17.4. The second-order valence-corrected chi connectivity index (χ2v) is 6.38. The van der Waals surface area contributed by atoms with E-state index in [-0.39, 0.29) is 23.9 Å². The molecule has 0 unspecified atom stereocenters. The van der Waals surface area contributed by atoms with E-state index in [4.69, 9.17) is 4.74 Å². The first-order chi connectivity index (χ1) is 12.1. The summed E-state index contributed by atoms with van der Waals surface area (Å²) in [6.07, 6.45) is 0.418. The van der Waals surface area contributed by atoms with Gasteiger partial charge in [0.05, 0.1) is 18.3 Å². The molecule has 0 radical (unpaired) electrons. The predicted molar refractivity (Wildman–Crippen MR) is 88.5 cm³/mol. The van der Waals surface area contributed by atoms with Crippen LogP contribution in [0.15, 0.2) is 24.3 Å². The van der Waals surface area contributed by atoms with Gasteiger partial charge < -0.3 is 9.64 Å². The molecule has 2 saturated heterocycles. The van der Waals surface area contributed by atoms with E-state index in [0.717, 1.165) is 5.82 Å². The Morgan fingerprint density at radius 3 is 2.92 bits per heavy atom. The second-order valence-electron chi connectivity index (χ2n) is 6.38. The van der Waals surface area contributed by atoms with Crippen molar-refractivity contribution in [2.75, 3.05) is 31.1 Å². The van der Waals surface area contributed by atoms with Gasteiger partial charge in [0.15, 0.2) is 5.82 Å². The van der Waals surface area contributed by atoms with Crippen LogP contribution in [0.4, 0.5) is 10.1 Å². The summed E-state index contributed by atoms with van der Waals surface area (Å²) in [7, 11) is 0. The van der Waals surface area contributed by atoms with Crippen LogP contribution in [-0.4, -0.2) is 58.3 Å². The molecule has 2 aromatic rings. The van der Waals surface area contributed by atoms with Gasteiger partial charge in [0.1, 0.15) is 17.7 Å². The first-order valence-corrected chi connectivity index (χ1v) is 8.44. The van der Waals surface area contributed by atoms with E-state index >= 15 is 0 Å². The van der Waals surface area contributed by atoms with Crippen molar-refractivity contribution in [2.24, 2.45) is 0 Å². The lowest BCUT2D eigenvalue weighted by molar-refractivity contribution is -0.125. The summed E-state index contributed by atoms with van der Waals surface area (Å²) in [5, 5.41) is 6.98. The highest BCUT2D eigenvalue weighted by atomic mass is 19.1. The standard InChI is InChI=1S/C17H20FN5O2/c1-11-19-16(21-20-11)15-10-22(8-9-25-15)14-6-7-23(17(14)24)13-5-3-2-4-12(13)18/h2-5,14-15H,6-10H2,1H3,(H,19,20,21)/t14-,15+/m1/s1. The van der Waals surface area contributed by atoms with Gasteiger partial charge in [0.2, 0.25) is 5.91 Å². The number of amides is 1. The lowest BCUT2D eigenvalue weighted by Gasteiger charge is -2.34. The highest BCUT2D eigenvalue weighted by molar-refractivity contribution is 5.99. The third-order valence-corrected chi connectivity index (χ3v) is 4.76. The van der Waals surface area contributed by atoms with Crippen LogP contribution >= 0.6 is 0 Å². The first kappa shape index (κ1) is 16.2. The van der Waals surface area contributed by atoms with Gasteiger partial charge >= 0.3 is 0 Å². The number of ether oxygens (including phenoxy) is 1. The number of nitrogens with one attached hydrogen (secondary N) is 1. The molecule has 2 aliphatic heterocycles. The number of nitrogens with zero attached hydrogens (tertiary/aromatic N) is 4. The number of halogens is 1. The van der Waals surface area contributed by atoms with Crippen molar-refractivity contribution in [3.05, 3.63) is 41.7 Å². The number of aryl methyl sites for hydroxylation is 1. The van der Waals surface area contributed by atoms with Crippen LogP contribution in [0.3, 0.4) is 0 Å². The maximum Gasteiger partial charge on any atom is 0.244 e. The Kier molecular flexibility index (Phi) is 4.22. The Labute approximate surface area is 144 Å². The van der Waals surface area contributed by atoms with Crippen LogP contribution in [0.2, 0.25) is 0 Å². The lowest BCUT2D eigenvalue weighted by Crippen LogP contribution is -2.48. The number of carbonyl (C=O) groups is 1. The van der Waals surface area contributed by atoms with Crippen LogP contribution in [0.1, 0.15) is 24.2 Å². The van der Waals surface area contributed by atoms with E-state index in [1.807, 2.05) is 6.92 Å². The molecule has 132 valence electrons. The molecule has 1 amide bonds. The molecule has 1 aromatic heterocycles. The molecule has 0 bridgehead atoms. The number of hydrogen-bond acceptors (Lipinski definition) is 5. The predicted octanol–water partition coefficient (Wildman–Crippen LogP) is 1.43. The van der Waals surface area contributed by atoms with Crippen molar-refractivity contribution in [1.29, 1.82) is 0 Å². The minimum absolute atomic E-state index is 0.0584. The number of morpholine rings is 1. The van der Waals surface area contributed by atoms with Crippen LogP contribution in [-0.2, 0) is 9.53 Å². The number of H-pyrrole nitrogens is 1. The zero-order valence-electron chi connectivity index (χ0n) is 14.0. The molecular formula is C17H20FN5O2. The van der Waals surface area contributed by atoms with Crippen LogP contribution in [0.5, 0.6) is 0 Å². The Balaban J connectivity index is 1.49. The molecule has 0 aliphatic carbocycles. The topological polar surface area (TPSA) is 74.3 Å². The molecule has 1 N–H and O–H groups in total. The molecule has 7 nitrogen and oxygen atoms in total. The molecule has 0 saturated carbocycles. The van der Waals surface area contributed by atoms with Crippen LogP contribution < -0.4 is 4.90 Å². The van der Waals surface area contributed by atoms with Gasteiger partial charge in [-0.3, -0.25) is 14.8 Å². The summed E-state index contributed by atoms with van der Waals surface area (Å²) in [5.41, 5.74) is 0.351. The Morgan fingerprint density at radius 2 is 2.16 bits per heavy atom. The SMILES string of the molecule is Cc1nc([C@@H]2CN([C@@H]3CCN(c4ccccc4F)C3=O)CCO2)n[nH]1. The summed E-state index contributed by atoms with van der Waals surface area (Å²) < 4.78 is 19.8.